The van der Waals surface area contributed by atoms with E-state index in [1.54, 1.807) is 0 Å². The van der Waals surface area contributed by atoms with Crippen LogP contribution in [0.15, 0.2) is 17.5 Å². The first kappa shape index (κ1) is 13.1. The second-order valence-electron chi connectivity index (χ2n) is 5.89. The van der Waals surface area contributed by atoms with Crippen LogP contribution in [0.1, 0.15) is 38.5 Å². The molecule has 0 radical (unpaired) electrons. The quantitative estimate of drug-likeness (QED) is 0.889. The normalized spacial score (nSPS) is 19.7. The third-order valence-corrected chi connectivity index (χ3v) is 4.47. The van der Waals surface area contributed by atoms with E-state index in [2.05, 4.69) is 48.5 Å². The molecule has 0 aromatic carbocycles. The number of nitrogens with zero attached hydrogens (tertiary/aromatic N) is 1. The van der Waals surface area contributed by atoms with Gasteiger partial charge in [0.05, 0.1) is 0 Å². The maximum Gasteiger partial charge on any atom is 0.0302 e. The van der Waals surface area contributed by atoms with E-state index < -0.39 is 0 Å². The van der Waals surface area contributed by atoms with Crippen LogP contribution in [0, 0.1) is 0 Å². The van der Waals surface area contributed by atoms with E-state index in [-0.39, 0.29) is 0 Å². The summed E-state index contributed by atoms with van der Waals surface area (Å²) in [4.78, 5) is 4.04. The molecule has 1 aliphatic heterocycles. The summed E-state index contributed by atoms with van der Waals surface area (Å²) >= 11 is 1.84. The maximum atomic E-state index is 3.68. The number of likely N-dealkylation sites (tertiary alicyclic amines) is 1. The van der Waals surface area contributed by atoms with Crippen LogP contribution < -0.4 is 5.32 Å². The standard InChI is InChI=1S/C14H24N2S/c1-14(2,3)16-8-6-12(7-9-16)15-11-13-5-4-10-17-13/h4-5,10,12,15H,6-9,11H2,1-3H3. The predicted molar refractivity (Wildman–Crippen MR) is 75.5 cm³/mol. The molecule has 0 unspecified atom stereocenters. The van der Waals surface area contributed by atoms with Gasteiger partial charge in [0.15, 0.2) is 0 Å². The van der Waals surface area contributed by atoms with Crippen molar-refractivity contribution >= 4 is 11.3 Å². The van der Waals surface area contributed by atoms with Gasteiger partial charge in [-0.1, -0.05) is 6.07 Å². The highest BCUT2D eigenvalue weighted by atomic mass is 32.1. The van der Waals surface area contributed by atoms with Crippen molar-refractivity contribution in [3.05, 3.63) is 22.4 Å². The fraction of sp³-hybridized carbons (Fsp3) is 0.714. The Bertz CT molecular complexity index is 318. The van der Waals surface area contributed by atoms with Crippen LogP contribution in [0.25, 0.3) is 0 Å². The zero-order valence-corrected chi connectivity index (χ0v) is 12.0. The summed E-state index contributed by atoms with van der Waals surface area (Å²) in [5.41, 5.74) is 0.332. The van der Waals surface area contributed by atoms with Crippen LogP contribution in [0.4, 0.5) is 0 Å². The minimum absolute atomic E-state index is 0.332. The molecule has 2 nitrogen and oxygen atoms in total. The van der Waals surface area contributed by atoms with Gasteiger partial charge in [0, 0.05) is 36.1 Å². The third kappa shape index (κ3) is 3.80. The molecule has 0 bridgehead atoms. The van der Waals surface area contributed by atoms with Gasteiger partial charge in [0.25, 0.3) is 0 Å². The highest BCUT2D eigenvalue weighted by Crippen LogP contribution is 2.20. The lowest BCUT2D eigenvalue weighted by Crippen LogP contribution is -2.49. The lowest BCUT2D eigenvalue weighted by molar-refractivity contribution is 0.0961. The van der Waals surface area contributed by atoms with Crippen molar-refractivity contribution < 1.29 is 0 Å². The van der Waals surface area contributed by atoms with E-state index in [9.17, 15) is 0 Å². The topological polar surface area (TPSA) is 15.3 Å². The second-order valence-corrected chi connectivity index (χ2v) is 6.92. The number of rotatable bonds is 3. The van der Waals surface area contributed by atoms with Gasteiger partial charge in [0.1, 0.15) is 0 Å². The second kappa shape index (κ2) is 5.51. The zero-order chi connectivity index (χ0) is 12.3. The van der Waals surface area contributed by atoms with Crippen LogP contribution in [0.3, 0.4) is 0 Å². The summed E-state index contributed by atoms with van der Waals surface area (Å²) in [6.45, 7) is 10.4. The zero-order valence-electron chi connectivity index (χ0n) is 11.2. The molecule has 0 atom stereocenters. The summed E-state index contributed by atoms with van der Waals surface area (Å²) in [5, 5.41) is 5.83. The molecule has 1 saturated heterocycles. The van der Waals surface area contributed by atoms with Crippen LogP contribution in [-0.2, 0) is 6.54 Å². The largest absolute Gasteiger partial charge is 0.309 e. The van der Waals surface area contributed by atoms with Crippen molar-refractivity contribution in [2.45, 2.75) is 51.7 Å². The molecule has 0 spiro atoms. The van der Waals surface area contributed by atoms with Crippen molar-refractivity contribution in [3.8, 4) is 0 Å². The Hall–Kier alpha value is -0.380. The molecule has 0 amide bonds. The lowest BCUT2D eigenvalue weighted by Gasteiger charge is -2.41. The Morgan fingerprint density at radius 3 is 2.59 bits per heavy atom. The van der Waals surface area contributed by atoms with Gasteiger partial charge in [0.2, 0.25) is 0 Å². The number of piperidine rings is 1. The van der Waals surface area contributed by atoms with E-state index >= 15 is 0 Å². The average Bonchev–Trinajstić information content (AvgIpc) is 2.78. The van der Waals surface area contributed by atoms with Crippen molar-refractivity contribution in [2.24, 2.45) is 0 Å². The molecule has 96 valence electrons. The molecule has 3 heteroatoms. The monoisotopic (exact) mass is 252 g/mol. The summed E-state index contributed by atoms with van der Waals surface area (Å²) in [6.07, 6.45) is 2.56. The Morgan fingerprint density at radius 2 is 2.06 bits per heavy atom. The van der Waals surface area contributed by atoms with Gasteiger partial charge in [-0.2, -0.15) is 0 Å². The summed E-state index contributed by atoms with van der Waals surface area (Å²) in [5.74, 6) is 0. The van der Waals surface area contributed by atoms with Gasteiger partial charge >= 0.3 is 0 Å². The Labute approximate surface area is 109 Å². The van der Waals surface area contributed by atoms with Gasteiger partial charge in [-0.25, -0.2) is 0 Å². The lowest BCUT2D eigenvalue weighted by atomic mass is 9.98. The molecule has 1 fully saturated rings. The summed E-state index contributed by atoms with van der Waals surface area (Å²) in [7, 11) is 0. The highest BCUT2D eigenvalue weighted by molar-refractivity contribution is 7.09. The van der Waals surface area contributed by atoms with E-state index in [0.29, 0.717) is 11.6 Å². The molecule has 1 aromatic heterocycles. The van der Waals surface area contributed by atoms with Gasteiger partial charge in [-0.3, -0.25) is 4.90 Å². The third-order valence-electron chi connectivity index (χ3n) is 3.59. The van der Waals surface area contributed by atoms with E-state index in [1.165, 1.54) is 30.8 Å². The summed E-state index contributed by atoms with van der Waals surface area (Å²) in [6, 6.07) is 5.04. The number of thiophene rings is 1. The molecule has 1 aromatic rings. The van der Waals surface area contributed by atoms with Crippen LogP contribution in [0.5, 0.6) is 0 Å². The van der Waals surface area contributed by atoms with Crippen molar-refractivity contribution in [2.75, 3.05) is 13.1 Å². The Morgan fingerprint density at radius 1 is 1.35 bits per heavy atom. The first-order chi connectivity index (χ1) is 8.05. The molecular weight excluding hydrogens is 228 g/mol. The molecule has 1 aliphatic rings. The van der Waals surface area contributed by atoms with Gasteiger partial charge in [-0.15, -0.1) is 11.3 Å². The highest BCUT2D eigenvalue weighted by Gasteiger charge is 2.26. The number of hydrogen-bond donors (Lipinski definition) is 1. The predicted octanol–water partition coefficient (Wildman–Crippen LogP) is 3.10. The molecule has 1 N–H and O–H groups in total. The van der Waals surface area contributed by atoms with Crippen LogP contribution in [-0.4, -0.2) is 29.6 Å². The minimum atomic E-state index is 0.332. The van der Waals surface area contributed by atoms with E-state index in [4.69, 9.17) is 0 Å². The maximum absolute atomic E-state index is 3.68. The fourth-order valence-electron chi connectivity index (χ4n) is 2.41. The first-order valence-corrected chi connectivity index (χ1v) is 7.44. The molecule has 0 aliphatic carbocycles. The fourth-order valence-corrected chi connectivity index (χ4v) is 3.07. The van der Waals surface area contributed by atoms with Crippen LogP contribution in [0.2, 0.25) is 0 Å². The SMILES string of the molecule is CC(C)(C)N1CCC(NCc2cccs2)CC1. The Balaban J connectivity index is 1.72. The Kier molecular flexibility index (Phi) is 4.23. The van der Waals surface area contributed by atoms with Crippen LogP contribution >= 0.6 is 11.3 Å². The number of hydrogen-bond acceptors (Lipinski definition) is 3. The molecule has 0 saturated carbocycles. The van der Waals surface area contributed by atoms with Crippen molar-refractivity contribution in [1.82, 2.24) is 10.2 Å². The van der Waals surface area contributed by atoms with E-state index in [0.717, 1.165) is 6.54 Å². The number of nitrogens with one attached hydrogen (secondary N) is 1. The molecule has 2 rings (SSSR count). The molecule has 17 heavy (non-hydrogen) atoms. The van der Waals surface area contributed by atoms with Crippen molar-refractivity contribution in [3.63, 3.8) is 0 Å². The van der Waals surface area contributed by atoms with Gasteiger partial charge < -0.3 is 5.32 Å². The molecule has 2 heterocycles. The first-order valence-electron chi connectivity index (χ1n) is 6.56. The van der Waals surface area contributed by atoms with Crippen molar-refractivity contribution in [1.29, 1.82) is 0 Å². The average molecular weight is 252 g/mol. The molecular formula is C14H24N2S. The van der Waals surface area contributed by atoms with Gasteiger partial charge in [-0.05, 0) is 45.1 Å². The minimum Gasteiger partial charge on any atom is -0.309 e. The van der Waals surface area contributed by atoms with E-state index in [1.807, 2.05) is 11.3 Å². The smallest absolute Gasteiger partial charge is 0.0302 e. The summed E-state index contributed by atoms with van der Waals surface area (Å²) < 4.78 is 0.